The van der Waals surface area contributed by atoms with Gasteiger partial charge in [0.05, 0.1) is 0 Å². The smallest absolute Gasteiger partial charge is 0.00697 e. The van der Waals surface area contributed by atoms with Crippen LogP contribution in [-0.4, -0.2) is 12.6 Å². The first-order chi connectivity index (χ1) is 9.35. The fraction of sp³-hybridized carbons (Fsp3) is 0.667. The third kappa shape index (κ3) is 3.20. The maximum absolute atomic E-state index is 3.64. The zero-order valence-electron chi connectivity index (χ0n) is 12.3. The molecule has 0 radical (unpaired) electrons. The number of benzene rings is 1. The number of nitrogens with one attached hydrogen (secondary N) is 1. The van der Waals surface area contributed by atoms with E-state index in [2.05, 4.69) is 30.4 Å². The Morgan fingerprint density at radius 1 is 1.11 bits per heavy atom. The molecular weight excluding hydrogens is 230 g/mol. The van der Waals surface area contributed by atoms with E-state index in [1.165, 1.54) is 51.4 Å². The molecule has 0 spiro atoms. The van der Waals surface area contributed by atoms with Crippen LogP contribution < -0.4 is 5.32 Å². The lowest BCUT2D eigenvalue weighted by atomic mass is 9.82. The lowest BCUT2D eigenvalue weighted by Crippen LogP contribution is -2.34. The SMILES string of the molecule is CCNC1CCCC(Cc2ccc3c(c2)CCC3)C1. The fourth-order valence-electron chi connectivity index (χ4n) is 4.04. The molecule has 1 heteroatoms. The predicted octanol–water partition coefficient (Wildman–Crippen LogP) is 3.89. The molecule has 1 aromatic rings. The maximum atomic E-state index is 3.64. The average Bonchev–Trinajstić information content (AvgIpc) is 2.87. The summed E-state index contributed by atoms with van der Waals surface area (Å²) >= 11 is 0. The van der Waals surface area contributed by atoms with Crippen molar-refractivity contribution in [1.29, 1.82) is 0 Å². The number of aryl methyl sites for hydroxylation is 2. The second-order valence-electron chi connectivity index (χ2n) is 6.45. The van der Waals surface area contributed by atoms with Crippen LogP contribution >= 0.6 is 0 Å². The summed E-state index contributed by atoms with van der Waals surface area (Å²) in [7, 11) is 0. The molecule has 0 amide bonds. The van der Waals surface area contributed by atoms with Gasteiger partial charge in [-0.05, 0) is 67.7 Å². The summed E-state index contributed by atoms with van der Waals surface area (Å²) < 4.78 is 0. The molecule has 0 bridgehead atoms. The third-order valence-corrected chi connectivity index (χ3v) is 4.96. The molecule has 0 aliphatic heterocycles. The van der Waals surface area contributed by atoms with Crippen LogP contribution in [0.1, 0.15) is 55.7 Å². The lowest BCUT2D eigenvalue weighted by Gasteiger charge is -2.29. The van der Waals surface area contributed by atoms with Gasteiger partial charge >= 0.3 is 0 Å². The second-order valence-corrected chi connectivity index (χ2v) is 6.45. The van der Waals surface area contributed by atoms with Crippen LogP contribution in [0, 0.1) is 5.92 Å². The molecule has 1 fully saturated rings. The summed E-state index contributed by atoms with van der Waals surface area (Å²) in [4.78, 5) is 0. The highest BCUT2D eigenvalue weighted by molar-refractivity contribution is 5.35. The summed E-state index contributed by atoms with van der Waals surface area (Å²) in [5.41, 5.74) is 4.83. The Labute approximate surface area is 117 Å². The van der Waals surface area contributed by atoms with Crippen molar-refractivity contribution in [2.45, 2.75) is 64.3 Å². The number of fused-ring (bicyclic) bond motifs is 1. The quantitative estimate of drug-likeness (QED) is 0.863. The van der Waals surface area contributed by atoms with Gasteiger partial charge < -0.3 is 5.32 Å². The standard InChI is InChI=1S/C18H27N/c1-2-19-18-8-3-5-14(13-18)11-15-9-10-16-6-4-7-17(16)12-15/h9-10,12,14,18-19H,2-8,11,13H2,1H3. The van der Waals surface area contributed by atoms with Crippen molar-refractivity contribution in [3.8, 4) is 0 Å². The molecule has 2 aliphatic rings. The van der Waals surface area contributed by atoms with E-state index in [-0.39, 0.29) is 0 Å². The minimum atomic E-state index is 0.776. The Kier molecular flexibility index (Phi) is 4.22. The molecular formula is C18H27N. The van der Waals surface area contributed by atoms with Gasteiger partial charge in [-0.25, -0.2) is 0 Å². The summed E-state index contributed by atoms with van der Waals surface area (Å²) in [5, 5.41) is 3.64. The Morgan fingerprint density at radius 3 is 2.89 bits per heavy atom. The topological polar surface area (TPSA) is 12.0 Å². The van der Waals surface area contributed by atoms with E-state index in [4.69, 9.17) is 0 Å². The van der Waals surface area contributed by atoms with Crippen molar-refractivity contribution in [2.75, 3.05) is 6.54 Å². The van der Waals surface area contributed by atoms with E-state index in [9.17, 15) is 0 Å². The monoisotopic (exact) mass is 257 g/mol. The number of hydrogen-bond donors (Lipinski definition) is 1. The van der Waals surface area contributed by atoms with Gasteiger partial charge in [0.15, 0.2) is 0 Å². The molecule has 2 atom stereocenters. The lowest BCUT2D eigenvalue weighted by molar-refractivity contribution is 0.287. The highest BCUT2D eigenvalue weighted by Crippen LogP contribution is 2.29. The largest absolute Gasteiger partial charge is 0.314 e. The molecule has 1 aromatic carbocycles. The highest BCUT2D eigenvalue weighted by Gasteiger charge is 2.22. The van der Waals surface area contributed by atoms with Gasteiger partial charge in [0.25, 0.3) is 0 Å². The van der Waals surface area contributed by atoms with Crippen LogP contribution in [0.25, 0.3) is 0 Å². The summed E-state index contributed by atoms with van der Waals surface area (Å²) in [6.07, 6.45) is 10.9. The van der Waals surface area contributed by atoms with Crippen molar-refractivity contribution in [3.63, 3.8) is 0 Å². The molecule has 2 aliphatic carbocycles. The van der Waals surface area contributed by atoms with E-state index in [1.807, 2.05) is 0 Å². The molecule has 0 heterocycles. The van der Waals surface area contributed by atoms with E-state index in [1.54, 1.807) is 16.7 Å². The summed E-state index contributed by atoms with van der Waals surface area (Å²) in [6, 6.07) is 8.06. The Morgan fingerprint density at radius 2 is 2.00 bits per heavy atom. The van der Waals surface area contributed by atoms with Crippen LogP contribution in [0.4, 0.5) is 0 Å². The minimum absolute atomic E-state index is 0.776. The van der Waals surface area contributed by atoms with E-state index in [0.717, 1.165) is 18.5 Å². The first kappa shape index (κ1) is 13.2. The zero-order chi connectivity index (χ0) is 13.1. The van der Waals surface area contributed by atoms with Crippen LogP contribution in [0.5, 0.6) is 0 Å². The minimum Gasteiger partial charge on any atom is -0.314 e. The average molecular weight is 257 g/mol. The van der Waals surface area contributed by atoms with Crippen molar-refractivity contribution in [1.82, 2.24) is 5.32 Å². The molecule has 1 saturated carbocycles. The molecule has 3 rings (SSSR count). The van der Waals surface area contributed by atoms with Crippen LogP contribution in [0.2, 0.25) is 0 Å². The van der Waals surface area contributed by atoms with Crippen molar-refractivity contribution >= 4 is 0 Å². The van der Waals surface area contributed by atoms with Gasteiger partial charge in [0.2, 0.25) is 0 Å². The third-order valence-electron chi connectivity index (χ3n) is 4.96. The summed E-state index contributed by atoms with van der Waals surface area (Å²) in [5.74, 6) is 0.900. The molecule has 104 valence electrons. The van der Waals surface area contributed by atoms with Gasteiger partial charge in [-0.15, -0.1) is 0 Å². The summed E-state index contributed by atoms with van der Waals surface area (Å²) in [6.45, 7) is 3.35. The normalized spacial score (nSPS) is 26.4. The van der Waals surface area contributed by atoms with Crippen molar-refractivity contribution in [3.05, 3.63) is 34.9 Å². The van der Waals surface area contributed by atoms with Crippen LogP contribution in [0.3, 0.4) is 0 Å². The van der Waals surface area contributed by atoms with E-state index >= 15 is 0 Å². The maximum Gasteiger partial charge on any atom is 0.00697 e. The Hall–Kier alpha value is -0.820. The van der Waals surface area contributed by atoms with E-state index < -0.39 is 0 Å². The van der Waals surface area contributed by atoms with Crippen LogP contribution in [0.15, 0.2) is 18.2 Å². The number of hydrogen-bond acceptors (Lipinski definition) is 1. The fourth-order valence-corrected chi connectivity index (χ4v) is 4.04. The van der Waals surface area contributed by atoms with Gasteiger partial charge in [-0.3, -0.25) is 0 Å². The van der Waals surface area contributed by atoms with Gasteiger partial charge in [-0.1, -0.05) is 38.0 Å². The first-order valence-electron chi connectivity index (χ1n) is 8.19. The molecule has 2 unspecified atom stereocenters. The Balaban J connectivity index is 1.61. The zero-order valence-corrected chi connectivity index (χ0v) is 12.3. The molecule has 0 saturated heterocycles. The van der Waals surface area contributed by atoms with E-state index in [0.29, 0.717) is 0 Å². The van der Waals surface area contributed by atoms with Crippen molar-refractivity contribution < 1.29 is 0 Å². The van der Waals surface area contributed by atoms with Gasteiger partial charge in [-0.2, -0.15) is 0 Å². The second kappa shape index (κ2) is 6.09. The number of rotatable bonds is 4. The Bertz CT molecular complexity index is 422. The van der Waals surface area contributed by atoms with Crippen molar-refractivity contribution in [2.24, 2.45) is 5.92 Å². The first-order valence-corrected chi connectivity index (χ1v) is 8.19. The molecule has 19 heavy (non-hydrogen) atoms. The molecule has 1 nitrogen and oxygen atoms in total. The van der Waals surface area contributed by atoms with Gasteiger partial charge in [0.1, 0.15) is 0 Å². The predicted molar refractivity (Wildman–Crippen MR) is 81.6 cm³/mol. The molecule has 0 aromatic heterocycles. The van der Waals surface area contributed by atoms with Gasteiger partial charge in [0, 0.05) is 6.04 Å². The molecule has 1 N–H and O–H groups in total. The highest BCUT2D eigenvalue weighted by atomic mass is 14.9. The van der Waals surface area contributed by atoms with Crippen LogP contribution in [-0.2, 0) is 19.3 Å².